The summed E-state index contributed by atoms with van der Waals surface area (Å²) in [4.78, 5) is 0. The van der Waals surface area contributed by atoms with E-state index in [0.717, 1.165) is 22.4 Å². The van der Waals surface area contributed by atoms with Gasteiger partial charge in [-0.1, -0.05) is 29.8 Å². The summed E-state index contributed by atoms with van der Waals surface area (Å²) in [5.41, 5.74) is 2.67. The number of ether oxygens (including phenoxy) is 1. The normalized spacial score (nSPS) is 12.5. The predicted octanol–water partition coefficient (Wildman–Crippen LogP) is 4.52. The Morgan fingerprint density at radius 3 is 2.30 bits per heavy atom. The van der Waals surface area contributed by atoms with E-state index < -0.39 is 6.10 Å². The zero-order valence-corrected chi connectivity index (χ0v) is 12.7. The zero-order valence-electron chi connectivity index (χ0n) is 11.9. The molecule has 3 heteroatoms. The van der Waals surface area contributed by atoms with Gasteiger partial charge in [-0.05, 0) is 61.7 Å². The first-order valence-corrected chi connectivity index (χ1v) is 7.06. The Labute approximate surface area is 125 Å². The van der Waals surface area contributed by atoms with Crippen LogP contribution >= 0.6 is 11.6 Å². The minimum Gasteiger partial charge on any atom is -0.491 e. The number of hydrogen-bond acceptors (Lipinski definition) is 2. The summed E-state index contributed by atoms with van der Waals surface area (Å²) in [6.07, 6.45) is -0.539. The second-order valence-electron chi connectivity index (χ2n) is 5.14. The molecule has 0 saturated carbocycles. The van der Waals surface area contributed by atoms with Gasteiger partial charge in [0.1, 0.15) is 11.9 Å². The van der Waals surface area contributed by atoms with E-state index in [1.54, 1.807) is 6.07 Å². The van der Waals surface area contributed by atoms with Crippen LogP contribution in [0, 0.1) is 6.92 Å². The van der Waals surface area contributed by atoms with Gasteiger partial charge >= 0.3 is 0 Å². The van der Waals surface area contributed by atoms with E-state index in [9.17, 15) is 5.11 Å². The van der Waals surface area contributed by atoms with Gasteiger partial charge in [0.25, 0.3) is 0 Å². The highest BCUT2D eigenvalue weighted by Crippen LogP contribution is 2.28. The number of benzene rings is 2. The Morgan fingerprint density at radius 2 is 1.70 bits per heavy atom. The van der Waals surface area contributed by atoms with Gasteiger partial charge in [0.15, 0.2) is 0 Å². The Hall–Kier alpha value is -1.51. The first kappa shape index (κ1) is 14.9. The van der Waals surface area contributed by atoms with E-state index in [1.165, 1.54) is 0 Å². The SMILES string of the molecule is Cc1ccc(Cl)cc1C(O)c1ccc(OC(C)C)cc1. The molecule has 0 spiro atoms. The number of hydrogen-bond donors (Lipinski definition) is 1. The number of aliphatic hydroxyl groups is 1. The van der Waals surface area contributed by atoms with Gasteiger partial charge in [0.2, 0.25) is 0 Å². The summed E-state index contributed by atoms with van der Waals surface area (Å²) in [5.74, 6) is 0.804. The van der Waals surface area contributed by atoms with Crippen molar-refractivity contribution >= 4 is 11.6 Å². The molecule has 2 nitrogen and oxygen atoms in total. The first-order chi connectivity index (χ1) is 9.47. The fourth-order valence-electron chi connectivity index (χ4n) is 2.09. The Bertz CT molecular complexity index is 576. The van der Waals surface area contributed by atoms with Crippen LogP contribution in [-0.2, 0) is 0 Å². The summed E-state index contributed by atoms with van der Waals surface area (Å²) in [7, 11) is 0. The Balaban J connectivity index is 2.24. The van der Waals surface area contributed by atoms with Gasteiger partial charge in [-0.25, -0.2) is 0 Å². The molecule has 0 aliphatic rings. The average molecular weight is 291 g/mol. The third-order valence-electron chi connectivity index (χ3n) is 3.10. The van der Waals surface area contributed by atoms with Gasteiger partial charge in [-0.15, -0.1) is 0 Å². The number of aryl methyl sites for hydroxylation is 1. The molecule has 0 aromatic heterocycles. The highest BCUT2D eigenvalue weighted by Gasteiger charge is 2.13. The van der Waals surface area contributed by atoms with Gasteiger partial charge in [0.05, 0.1) is 6.10 Å². The largest absolute Gasteiger partial charge is 0.491 e. The topological polar surface area (TPSA) is 29.5 Å². The molecule has 2 aromatic rings. The van der Waals surface area contributed by atoms with Crippen molar-refractivity contribution in [1.29, 1.82) is 0 Å². The van der Waals surface area contributed by atoms with E-state index in [0.29, 0.717) is 5.02 Å². The van der Waals surface area contributed by atoms with Crippen LogP contribution in [0.5, 0.6) is 5.75 Å². The summed E-state index contributed by atoms with van der Waals surface area (Å²) in [5, 5.41) is 11.1. The molecule has 0 amide bonds. The van der Waals surface area contributed by atoms with Crippen molar-refractivity contribution in [3.8, 4) is 5.75 Å². The summed E-state index contributed by atoms with van der Waals surface area (Å²) in [6.45, 7) is 5.93. The van der Waals surface area contributed by atoms with Crippen LogP contribution in [0.25, 0.3) is 0 Å². The van der Waals surface area contributed by atoms with Crippen molar-refractivity contribution in [2.75, 3.05) is 0 Å². The molecule has 1 unspecified atom stereocenters. The molecule has 0 heterocycles. The van der Waals surface area contributed by atoms with E-state index >= 15 is 0 Å². The van der Waals surface area contributed by atoms with Crippen LogP contribution in [0.3, 0.4) is 0 Å². The molecule has 0 aliphatic heterocycles. The van der Waals surface area contributed by atoms with Crippen molar-refractivity contribution in [3.63, 3.8) is 0 Å². The second kappa shape index (κ2) is 6.29. The van der Waals surface area contributed by atoms with Crippen molar-refractivity contribution in [3.05, 3.63) is 64.2 Å². The molecule has 0 bridgehead atoms. The maximum absolute atomic E-state index is 10.5. The fourth-order valence-corrected chi connectivity index (χ4v) is 2.27. The predicted molar refractivity (Wildman–Crippen MR) is 82.5 cm³/mol. The first-order valence-electron chi connectivity index (χ1n) is 6.68. The minimum absolute atomic E-state index is 0.140. The van der Waals surface area contributed by atoms with E-state index in [4.69, 9.17) is 16.3 Å². The third-order valence-corrected chi connectivity index (χ3v) is 3.34. The molecule has 0 saturated heterocycles. The molecule has 0 fully saturated rings. The van der Waals surface area contributed by atoms with Crippen LogP contribution in [0.1, 0.15) is 36.6 Å². The summed E-state index contributed by atoms with van der Waals surface area (Å²) >= 11 is 6.00. The highest BCUT2D eigenvalue weighted by atomic mass is 35.5. The molecule has 2 aromatic carbocycles. The zero-order chi connectivity index (χ0) is 14.7. The molecule has 1 N–H and O–H groups in total. The van der Waals surface area contributed by atoms with Crippen molar-refractivity contribution in [2.24, 2.45) is 0 Å². The van der Waals surface area contributed by atoms with Crippen molar-refractivity contribution < 1.29 is 9.84 Å². The van der Waals surface area contributed by atoms with Gasteiger partial charge in [0, 0.05) is 5.02 Å². The summed E-state index contributed by atoms with van der Waals surface area (Å²) in [6, 6.07) is 13.0. The van der Waals surface area contributed by atoms with Gasteiger partial charge in [-0.3, -0.25) is 0 Å². The Kier molecular flexibility index (Phi) is 4.69. The minimum atomic E-state index is -0.679. The van der Waals surface area contributed by atoms with Crippen LogP contribution in [0.2, 0.25) is 5.02 Å². The molecule has 2 rings (SSSR count). The molecular weight excluding hydrogens is 272 g/mol. The smallest absolute Gasteiger partial charge is 0.119 e. The van der Waals surface area contributed by atoms with Gasteiger partial charge < -0.3 is 9.84 Å². The summed E-state index contributed by atoms with van der Waals surface area (Å²) < 4.78 is 5.59. The maximum atomic E-state index is 10.5. The molecule has 106 valence electrons. The average Bonchev–Trinajstić information content (AvgIpc) is 2.41. The number of aliphatic hydroxyl groups excluding tert-OH is 1. The van der Waals surface area contributed by atoms with Crippen LogP contribution in [0.15, 0.2) is 42.5 Å². The molecule has 0 aliphatic carbocycles. The van der Waals surface area contributed by atoms with Crippen molar-refractivity contribution in [2.45, 2.75) is 33.0 Å². The van der Waals surface area contributed by atoms with E-state index in [2.05, 4.69) is 0 Å². The quantitative estimate of drug-likeness (QED) is 0.897. The molecule has 20 heavy (non-hydrogen) atoms. The highest BCUT2D eigenvalue weighted by molar-refractivity contribution is 6.30. The fraction of sp³-hybridized carbons (Fsp3) is 0.294. The maximum Gasteiger partial charge on any atom is 0.119 e. The third kappa shape index (κ3) is 3.53. The van der Waals surface area contributed by atoms with Gasteiger partial charge in [-0.2, -0.15) is 0 Å². The lowest BCUT2D eigenvalue weighted by Gasteiger charge is -2.16. The van der Waals surface area contributed by atoms with Crippen LogP contribution in [0.4, 0.5) is 0 Å². The number of rotatable bonds is 4. The van der Waals surface area contributed by atoms with E-state index in [1.807, 2.05) is 57.2 Å². The van der Waals surface area contributed by atoms with E-state index in [-0.39, 0.29) is 6.10 Å². The molecular formula is C17H19ClO2. The van der Waals surface area contributed by atoms with Crippen LogP contribution < -0.4 is 4.74 Å². The van der Waals surface area contributed by atoms with Crippen molar-refractivity contribution in [1.82, 2.24) is 0 Å². The lowest BCUT2D eigenvalue weighted by atomic mass is 9.97. The molecule has 1 atom stereocenters. The molecule has 0 radical (unpaired) electrons. The lowest BCUT2D eigenvalue weighted by Crippen LogP contribution is -2.06. The standard InChI is InChI=1S/C17H19ClO2/c1-11(2)20-15-8-5-13(6-9-15)17(19)16-10-14(18)7-4-12(16)3/h4-11,17,19H,1-3H3. The monoisotopic (exact) mass is 290 g/mol. The van der Waals surface area contributed by atoms with Crippen LogP contribution in [-0.4, -0.2) is 11.2 Å². The Morgan fingerprint density at radius 1 is 1.05 bits per heavy atom. The number of halogens is 1. The second-order valence-corrected chi connectivity index (χ2v) is 5.58. The lowest BCUT2D eigenvalue weighted by molar-refractivity contribution is 0.218.